The first-order valence-corrected chi connectivity index (χ1v) is 7.76. The Morgan fingerprint density at radius 1 is 1.32 bits per heavy atom. The first-order valence-electron chi connectivity index (χ1n) is 7.38. The summed E-state index contributed by atoms with van der Waals surface area (Å²) in [5.41, 5.74) is 0.734. The lowest BCUT2D eigenvalue weighted by molar-refractivity contribution is -0.0102. The Bertz CT molecular complexity index is 603. The highest BCUT2D eigenvalue weighted by Crippen LogP contribution is 2.34. The molecule has 0 spiro atoms. The number of nitriles is 1. The van der Waals surface area contributed by atoms with Gasteiger partial charge in [0.15, 0.2) is 0 Å². The lowest BCUT2D eigenvalue weighted by Gasteiger charge is -2.26. The molecule has 0 N–H and O–H groups in total. The molecule has 1 aromatic rings. The Hall–Kier alpha value is -1.41. The van der Waals surface area contributed by atoms with Crippen LogP contribution in [0, 0.1) is 11.3 Å². The topological polar surface area (TPSA) is 39.9 Å². The molecule has 0 bridgehead atoms. The van der Waals surface area contributed by atoms with Gasteiger partial charge in [-0.05, 0) is 12.5 Å². The number of alkyl halides is 2. The molecule has 1 aromatic heterocycles. The van der Waals surface area contributed by atoms with E-state index in [2.05, 4.69) is 11.1 Å². The van der Waals surface area contributed by atoms with Crippen molar-refractivity contribution in [3.63, 3.8) is 0 Å². The van der Waals surface area contributed by atoms with Crippen molar-refractivity contribution in [3.05, 3.63) is 22.3 Å². The molecule has 1 aliphatic rings. The van der Waals surface area contributed by atoms with Crippen molar-refractivity contribution in [2.24, 2.45) is 0 Å². The lowest BCUT2D eigenvalue weighted by Crippen LogP contribution is -2.28. The van der Waals surface area contributed by atoms with Gasteiger partial charge >= 0.3 is 0 Å². The number of pyridine rings is 1. The van der Waals surface area contributed by atoms with Crippen molar-refractivity contribution >= 4 is 17.4 Å². The monoisotopic (exact) mass is 327 g/mol. The molecular weight excluding hydrogens is 308 g/mol. The van der Waals surface area contributed by atoms with Crippen LogP contribution in [0.25, 0.3) is 0 Å². The minimum atomic E-state index is -2.64. The van der Waals surface area contributed by atoms with Crippen LogP contribution in [0.5, 0.6) is 0 Å². The fraction of sp³-hybridized carbons (Fsp3) is 0.625. The summed E-state index contributed by atoms with van der Waals surface area (Å²) in [7, 11) is 0. The number of aromatic nitrogens is 1. The van der Waals surface area contributed by atoms with Gasteiger partial charge in [-0.25, -0.2) is 13.8 Å². The van der Waals surface area contributed by atoms with Crippen molar-refractivity contribution in [2.75, 3.05) is 18.0 Å². The molecule has 2 heterocycles. The average molecular weight is 328 g/mol. The second-order valence-electron chi connectivity index (χ2n) is 6.75. The van der Waals surface area contributed by atoms with Gasteiger partial charge in [0.05, 0.1) is 16.3 Å². The van der Waals surface area contributed by atoms with Crippen molar-refractivity contribution in [1.29, 1.82) is 5.26 Å². The van der Waals surface area contributed by atoms with Gasteiger partial charge in [-0.15, -0.1) is 0 Å². The second-order valence-corrected chi connectivity index (χ2v) is 7.16. The summed E-state index contributed by atoms with van der Waals surface area (Å²) >= 11 is 6.23. The highest BCUT2D eigenvalue weighted by Gasteiger charge is 2.33. The van der Waals surface area contributed by atoms with Crippen LogP contribution in [0.15, 0.2) is 6.07 Å². The largest absolute Gasteiger partial charge is 0.355 e. The van der Waals surface area contributed by atoms with Gasteiger partial charge in [-0.2, -0.15) is 5.26 Å². The maximum atomic E-state index is 13.5. The maximum Gasteiger partial charge on any atom is 0.249 e. The van der Waals surface area contributed by atoms with Gasteiger partial charge in [0.25, 0.3) is 0 Å². The molecule has 0 atom stereocenters. The molecule has 0 unspecified atom stereocenters. The van der Waals surface area contributed by atoms with E-state index in [1.165, 1.54) is 0 Å². The first kappa shape index (κ1) is 17.0. The first-order chi connectivity index (χ1) is 10.1. The predicted molar refractivity (Wildman–Crippen MR) is 83.7 cm³/mol. The molecule has 22 heavy (non-hydrogen) atoms. The normalized spacial score (nSPS) is 18.7. The number of anilines is 1. The van der Waals surface area contributed by atoms with Crippen LogP contribution < -0.4 is 4.90 Å². The highest BCUT2D eigenvalue weighted by molar-refractivity contribution is 6.31. The Morgan fingerprint density at radius 3 is 2.59 bits per heavy atom. The molecule has 0 saturated carbocycles. The summed E-state index contributed by atoms with van der Waals surface area (Å²) < 4.78 is 27.1. The summed E-state index contributed by atoms with van der Waals surface area (Å²) in [6.07, 6.45) is 0.0468. The van der Waals surface area contributed by atoms with E-state index in [1.807, 2.05) is 20.8 Å². The standard InChI is InChI=1S/C16H20ClF2N3/c1-15(2,3)13-12(17)9-11(10-20)14(21-13)22-7-4-5-16(18,19)6-8-22/h9H,4-8H2,1-3H3. The van der Waals surface area contributed by atoms with Crippen molar-refractivity contribution in [2.45, 2.75) is 51.4 Å². The number of hydrogen-bond donors (Lipinski definition) is 0. The van der Waals surface area contributed by atoms with Gasteiger partial charge in [0.1, 0.15) is 11.9 Å². The predicted octanol–water partition coefficient (Wildman–Crippen LogP) is 4.53. The van der Waals surface area contributed by atoms with Crippen LogP contribution in [0.3, 0.4) is 0 Å². The van der Waals surface area contributed by atoms with Crippen molar-refractivity contribution < 1.29 is 8.78 Å². The molecule has 0 aromatic carbocycles. The third kappa shape index (κ3) is 3.67. The van der Waals surface area contributed by atoms with Gasteiger partial charge in [-0.3, -0.25) is 0 Å². The van der Waals surface area contributed by atoms with E-state index >= 15 is 0 Å². The Labute approximate surface area is 134 Å². The molecule has 0 aliphatic carbocycles. The fourth-order valence-electron chi connectivity index (χ4n) is 2.60. The zero-order valence-electron chi connectivity index (χ0n) is 13.1. The minimum Gasteiger partial charge on any atom is -0.355 e. The number of hydrogen-bond acceptors (Lipinski definition) is 3. The molecule has 3 nitrogen and oxygen atoms in total. The zero-order chi connectivity index (χ0) is 16.5. The van der Waals surface area contributed by atoms with Crippen LogP contribution >= 0.6 is 11.6 Å². The summed E-state index contributed by atoms with van der Waals surface area (Å²) in [5, 5.41) is 9.75. The van der Waals surface area contributed by atoms with Gasteiger partial charge in [0.2, 0.25) is 5.92 Å². The van der Waals surface area contributed by atoms with Crippen LogP contribution in [-0.4, -0.2) is 24.0 Å². The summed E-state index contributed by atoms with van der Waals surface area (Å²) in [4.78, 5) is 6.34. The van der Waals surface area contributed by atoms with E-state index < -0.39 is 5.92 Å². The van der Waals surface area contributed by atoms with E-state index in [0.717, 1.165) is 0 Å². The number of nitrogens with zero attached hydrogens (tertiary/aromatic N) is 3. The maximum absolute atomic E-state index is 13.5. The van der Waals surface area contributed by atoms with E-state index in [1.54, 1.807) is 11.0 Å². The molecule has 1 saturated heterocycles. The smallest absolute Gasteiger partial charge is 0.249 e. The molecule has 6 heteroatoms. The van der Waals surface area contributed by atoms with Crippen molar-refractivity contribution in [1.82, 2.24) is 4.98 Å². The Balaban J connectivity index is 2.43. The molecule has 120 valence electrons. The lowest BCUT2D eigenvalue weighted by atomic mass is 9.91. The summed E-state index contributed by atoms with van der Waals surface area (Å²) in [6, 6.07) is 3.67. The van der Waals surface area contributed by atoms with Crippen LogP contribution in [0.2, 0.25) is 5.02 Å². The van der Waals surface area contributed by atoms with E-state index in [9.17, 15) is 14.0 Å². The molecule has 1 aliphatic heterocycles. The fourth-order valence-corrected chi connectivity index (χ4v) is 3.04. The quantitative estimate of drug-likeness (QED) is 0.760. The van der Waals surface area contributed by atoms with Gasteiger partial charge in [0, 0.05) is 31.3 Å². The number of halogens is 3. The third-order valence-electron chi connectivity index (χ3n) is 3.80. The van der Waals surface area contributed by atoms with Gasteiger partial charge in [-0.1, -0.05) is 32.4 Å². The molecule has 0 amide bonds. The van der Waals surface area contributed by atoms with E-state index in [4.69, 9.17) is 11.6 Å². The summed E-state index contributed by atoms with van der Waals surface area (Å²) in [5.74, 6) is -2.17. The van der Waals surface area contributed by atoms with Crippen LogP contribution in [0.1, 0.15) is 51.3 Å². The molecule has 0 radical (unpaired) electrons. The van der Waals surface area contributed by atoms with E-state index in [-0.39, 0.29) is 24.8 Å². The average Bonchev–Trinajstić information content (AvgIpc) is 2.58. The van der Waals surface area contributed by atoms with Crippen molar-refractivity contribution in [3.8, 4) is 6.07 Å². The summed E-state index contributed by atoms with van der Waals surface area (Å²) in [6.45, 7) is 6.61. The van der Waals surface area contributed by atoms with Gasteiger partial charge < -0.3 is 4.90 Å². The van der Waals surface area contributed by atoms with Crippen LogP contribution in [0.4, 0.5) is 14.6 Å². The third-order valence-corrected chi connectivity index (χ3v) is 4.09. The molecule has 1 fully saturated rings. The van der Waals surface area contributed by atoms with Crippen LogP contribution in [-0.2, 0) is 5.41 Å². The Kier molecular flexibility index (Phi) is 4.62. The number of rotatable bonds is 1. The highest BCUT2D eigenvalue weighted by atomic mass is 35.5. The molecule has 2 rings (SSSR count). The minimum absolute atomic E-state index is 0.120. The van der Waals surface area contributed by atoms with E-state index in [0.29, 0.717) is 35.1 Å². The SMILES string of the molecule is CC(C)(C)c1nc(N2CCCC(F)(F)CC2)c(C#N)cc1Cl. The Morgan fingerprint density at radius 2 is 2.00 bits per heavy atom. The second kappa shape index (κ2) is 6.00. The zero-order valence-corrected chi connectivity index (χ0v) is 13.8. The molecular formula is C16H20ClF2N3.